The van der Waals surface area contributed by atoms with E-state index in [1.165, 1.54) is 6.21 Å². The minimum atomic E-state index is -0.637. The highest BCUT2D eigenvalue weighted by Crippen LogP contribution is 2.17. The number of nitriles is 1. The highest BCUT2D eigenvalue weighted by atomic mass is 16.1. The molecule has 3 rings (SSSR count). The molecule has 7 heteroatoms. The third-order valence-corrected chi connectivity index (χ3v) is 3.63. The van der Waals surface area contributed by atoms with E-state index in [1.807, 2.05) is 55.5 Å². The number of anilines is 3. The molecule has 0 fully saturated rings. The molecule has 3 aromatic rings. The Balaban J connectivity index is 1.99. The molecule has 0 bridgehead atoms. The Labute approximate surface area is 150 Å². The van der Waals surface area contributed by atoms with Crippen LogP contribution in [0.1, 0.15) is 16.7 Å². The number of hydrogen-bond acceptors (Lipinski definition) is 6. The van der Waals surface area contributed by atoms with Crippen LogP contribution in [-0.4, -0.2) is 15.9 Å². The van der Waals surface area contributed by atoms with E-state index in [0.717, 1.165) is 15.8 Å². The van der Waals surface area contributed by atoms with Crippen LogP contribution in [0.2, 0.25) is 0 Å². The molecule has 7 nitrogen and oxygen atoms in total. The van der Waals surface area contributed by atoms with Gasteiger partial charge < -0.3 is 11.1 Å². The molecule has 0 aliphatic heterocycles. The smallest absolute Gasteiger partial charge is 0.295 e. The van der Waals surface area contributed by atoms with E-state index in [2.05, 4.69) is 15.4 Å². The fourth-order valence-corrected chi connectivity index (χ4v) is 2.27. The molecule has 0 aliphatic rings. The van der Waals surface area contributed by atoms with E-state index in [1.54, 1.807) is 12.1 Å². The summed E-state index contributed by atoms with van der Waals surface area (Å²) in [6, 6.07) is 18.5. The first-order chi connectivity index (χ1) is 12.6. The van der Waals surface area contributed by atoms with Gasteiger partial charge in [-0.2, -0.15) is 20.0 Å². The molecule has 3 N–H and O–H groups in total. The van der Waals surface area contributed by atoms with Crippen molar-refractivity contribution in [3.8, 4) is 6.07 Å². The number of nitrogens with one attached hydrogen (secondary N) is 1. The molecule has 0 aliphatic carbocycles. The summed E-state index contributed by atoms with van der Waals surface area (Å²) in [4.78, 5) is 16.7. The van der Waals surface area contributed by atoms with Gasteiger partial charge in [-0.15, -0.1) is 0 Å². The van der Waals surface area contributed by atoms with E-state index < -0.39 is 5.56 Å². The van der Waals surface area contributed by atoms with Crippen LogP contribution in [0.4, 0.5) is 17.5 Å². The third-order valence-electron chi connectivity index (χ3n) is 3.63. The fraction of sp³-hybridized carbons (Fsp3) is 0.0526. The molecule has 128 valence electrons. The lowest BCUT2D eigenvalue weighted by molar-refractivity contribution is 0.816. The number of aryl methyl sites for hydroxylation is 1. The molecule has 2 aromatic carbocycles. The Morgan fingerprint density at radius 2 is 1.88 bits per heavy atom. The number of nitrogens with two attached hydrogens (primary N) is 1. The van der Waals surface area contributed by atoms with Crippen LogP contribution in [0, 0.1) is 18.3 Å². The number of nitrogen functional groups attached to an aromatic ring is 1. The highest BCUT2D eigenvalue weighted by Gasteiger charge is 2.15. The molecule has 1 heterocycles. The standard InChI is InChI=1S/C19H16N6O/c1-13-7-9-14(10-8-13)12-22-25-18(26)16(11-20)17(24-19(25)21)23-15-5-3-2-4-6-15/h2-10,12,23H,1H3,(H2,21,24)/b22-12+. The number of benzene rings is 2. The Morgan fingerprint density at radius 1 is 1.19 bits per heavy atom. The van der Waals surface area contributed by atoms with Gasteiger partial charge in [0, 0.05) is 5.69 Å². The maximum atomic E-state index is 12.6. The number of para-hydroxylation sites is 1. The van der Waals surface area contributed by atoms with Crippen molar-refractivity contribution in [2.45, 2.75) is 6.92 Å². The van der Waals surface area contributed by atoms with Gasteiger partial charge in [-0.1, -0.05) is 48.0 Å². The molecular formula is C19H16N6O. The minimum absolute atomic E-state index is 0.1000. The van der Waals surface area contributed by atoms with E-state index >= 15 is 0 Å². The van der Waals surface area contributed by atoms with Crippen molar-refractivity contribution in [2.75, 3.05) is 11.1 Å². The van der Waals surface area contributed by atoms with Crippen molar-refractivity contribution in [1.82, 2.24) is 9.66 Å². The van der Waals surface area contributed by atoms with E-state index in [0.29, 0.717) is 5.69 Å². The summed E-state index contributed by atoms with van der Waals surface area (Å²) in [7, 11) is 0. The lowest BCUT2D eigenvalue weighted by Crippen LogP contribution is -2.25. The first-order valence-corrected chi connectivity index (χ1v) is 7.84. The van der Waals surface area contributed by atoms with Crippen LogP contribution in [-0.2, 0) is 0 Å². The maximum absolute atomic E-state index is 12.6. The Hall–Kier alpha value is -3.92. The van der Waals surface area contributed by atoms with Crippen molar-refractivity contribution in [3.05, 3.63) is 81.6 Å². The van der Waals surface area contributed by atoms with Crippen LogP contribution < -0.4 is 16.6 Å². The van der Waals surface area contributed by atoms with E-state index in [9.17, 15) is 10.1 Å². The summed E-state index contributed by atoms with van der Waals surface area (Å²) < 4.78 is 0.911. The molecule has 0 radical (unpaired) electrons. The van der Waals surface area contributed by atoms with Crippen molar-refractivity contribution in [2.24, 2.45) is 5.10 Å². The second kappa shape index (κ2) is 7.32. The summed E-state index contributed by atoms with van der Waals surface area (Å²) >= 11 is 0. The van der Waals surface area contributed by atoms with Crippen LogP contribution in [0.3, 0.4) is 0 Å². The number of aromatic nitrogens is 2. The first-order valence-electron chi connectivity index (χ1n) is 7.84. The van der Waals surface area contributed by atoms with Gasteiger partial charge in [-0.05, 0) is 24.6 Å². The van der Waals surface area contributed by atoms with Crippen molar-refractivity contribution < 1.29 is 0 Å². The molecule has 0 spiro atoms. The second-order valence-corrected chi connectivity index (χ2v) is 5.57. The molecule has 0 saturated carbocycles. The summed E-state index contributed by atoms with van der Waals surface area (Å²) in [6.45, 7) is 1.98. The zero-order valence-electron chi connectivity index (χ0n) is 14.0. The highest BCUT2D eigenvalue weighted by molar-refractivity contribution is 5.79. The lowest BCUT2D eigenvalue weighted by atomic mass is 10.2. The van der Waals surface area contributed by atoms with Gasteiger partial charge in [-0.25, -0.2) is 0 Å². The molecule has 1 aromatic heterocycles. The second-order valence-electron chi connectivity index (χ2n) is 5.57. The van der Waals surface area contributed by atoms with E-state index in [4.69, 9.17) is 5.73 Å². The molecule has 0 atom stereocenters. The zero-order valence-corrected chi connectivity index (χ0v) is 14.0. The zero-order chi connectivity index (χ0) is 18.5. The van der Waals surface area contributed by atoms with Crippen molar-refractivity contribution >= 4 is 23.7 Å². The molecule has 0 amide bonds. The van der Waals surface area contributed by atoms with Gasteiger partial charge >= 0.3 is 0 Å². The predicted molar refractivity (Wildman–Crippen MR) is 102 cm³/mol. The summed E-state index contributed by atoms with van der Waals surface area (Å²) in [5.74, 6) is -0.0150. The number of hydrogen-bond donors (Lipinski definition) is 2. The Morgan fingerprint density at radius 3 is 2.54 bits per heavy atom. The van der Waals surface area contributed by atoms with Gasteiger partial charge in [0.1, 0.15) is 6.07 Å². The summed E-state index contributed by atoms with van der Waals surface area (Å²) in [5, 5.41) is 16.4. The monoisotopic (exact) mass is 344 g/mol. The average Bonchev–Trinajstić information content (AvgIpc) is 2.64. The van der Waals surface area contributed by atoms with Gasteiger partial charge in [0.2, 0.25) is 5.95 Å². The minimum Gasteiger partial charge on any atom is -0.368 e. The summed E-state index contributed by atoms with van der Waals surface area (Å²) in [6.07, 6.45) is 1.49. The number of nitrogens with zero attached hydrogens (tertiary/aromatic N) is 4. The largest absolute Gasteiger partial charge is 0.368 e. The molecule has 0 unspecified atom stereocenters. The average molecular weight is 344 g/mol. The maximum Gasteiger partial charge on any atom is 0.295 e. The normalized spacial score (nSPS) is 10.6. The van der Waals surface area contributed by atoms with Crippen LogP contribution in [0.25, 0.3) is 0 Å². The van der Waals surface area contributed by atoms with Gasteiger partial charge in [0.25, 0.3) is 5.56 Å². The molecular weight excluding hydrogens is 328 g/mol. The Kier molecular flexibility index (Phi) is 4.76. The predicted octanol–water partition coefficient (Wildman–Crippen LogP) is 2.63. The van der Waals surface area contributed by atoms with Crippen LogP contribution >= 0.6 is 0 Å². The topological polar surface area (TPSA) is 109 Å². The SMILES string of the molecule is Cc1ccc(/C=N/n2c(N)nc(Nc3ccccc3)c(C#N)c2=O)cc1. The van der Waals surface area contributed by atoms with Crippen molar-refractivity contribution in [3.63, 3.8) is 0 Å². The third kappa shape index (κ3) is 3.60. The quantitative estimate of drug-likeness (QED) is 0.707. The summed E-state index contributed by atoms with van der Waals surface area (Å²) in [5.41, 5.74) is 7.68. The Bertz CT molecular complexity index is 1050. The van der Waals surface area contributed by atoms with Gasteiger partial charge in [0.05, 0.1) is 6.21 Å². The van der Waals surface area contributed by atoms with E-state index in [-0.39, 0.29) is 17.3 Å². The molecule has 26 heavy (non-hydrogen) atoms. The number of rotatable bonds is 4. The molecule has 0 saturated heterocycles. The van der Waals surface area contributed by atoms with Crippen molar-refractivity contribution in [1.29, 1.82) is 5.26 Å². The van der Waals surface area contributed by atoms with Crippen LogP contribution in [0.5, 0.6) is 0 Å². The van der Waals surface area contributed by atoms with Gasteiger partial charge in [0.15, 0.2) is 11.4 Å². The van der Waals surface area contributed by atoms with Gasteiger partial charge in [-0.3, -0.25) is 4.79 Å². The van der Waals surface area contributed by atoms with Crippen LogP contribution in [0.15, 0.2) is 64.5 Å². The lowest BCUT2D eigenvalue weighted by Gasteiger charge is -2.10. The fourth-order valence-electron chi connectivity index (χ4n) is 2.27. The first kappa shape index (κ1) is 16.9.